The molecule has 0 aromatic heterocycles. The number of para-hydroxylation sites is 2. The molecule has 2 aromatic carbocycles. The number of ether oxygens (including phenoxy) is 1. The van der Waals surface area contributed by atoms with E-state index in [9.17, 15) is 23.3 Å². The highest BCUT2D eigenvalue weighted by Crippen LogP contribution is 2.32. The van der Waals surface area contributed by atoms with Crippen LogP contribution in [0.5, 0.6) is 5.75 Å². The van der Waals surface area contributed by atoms with Crippen molar-refractivity contribution in [2.75, 3.05) is 20.2 Å². The van der Waals surface area contributed by atoms with Crippen LogP contribution in [0.1, 0.15) is 11.1 Å². The molecule has 2 aromatic rings. The average Bonchev–Trinajstić information content (AvgIpc) is 2.54. The molecule has 0 amide bonds. The molecule has 134 valence electrons. The van der Waals surface area contributed by atoms with Gasteiger partial charge in [-0.05, 0) is 24.7 Å². The first kappa shape index (κ1) is 18.7. The van der Waals surface area contributed by atoms with Crippen LogP contribution >= 0.6 is 0 Å². The zero-order valence-corrected chi connectivity index (χ0v) is 13.5. The normalized spacial score (nSPS) is 11.6. The summed E-state index contributed by atoms with van der Waals surface area (Å²) >= 11 is 0. The molecule has 0 atom stereocenters. The molecular weight excluding hydrogens is 337 g/mol. The van der Waals surface area contributed by atoms with Crippen LogP contribution in [-0.2, 0) is 12.7 Å². The number of alkyl halides is 3. The van der Waals surface area contributed by atoms with Crippen molar-refractivity contribution in [2.45, 2.75) is 12.7 Å². The summed E-state index contributed by atoms with van der Waals surface area (Å²) < 4.78 is 44.4. The molecule has 0 bridgehead atoms. The molecule has 8 heteroatoms. The Morgan fingerprint density at radius 2 is 1.76 bits per heavy atom. The third-order valence-electron chi connectivity index (χ3n) is 3.56. The van der Waals surface area contributed by atoms with E-state index >= 15 is 0 Å². The van der Waals surface area contributed by atoms with Gasteiger partial charge in [0.2, 0.25) is 0 Å². The highest BCUT2D eigenvalue weighted by atomic mass is 19.4. The Morgan fingerprint density at radius 1 is 1.12 bits per heavy atom. The predicted molar refractivity (Wildman–Crippen MR) is 86.4 cm³/mol. The molecular formula is C17H17F3N2O3. The van der Waals surface area contributed by atoms with E-state index < -0.39 is 16.7 Å². The van der Waals surface area contributed by atoms with Crippen molar-refractivity contribution in [1.82, 2.24) is 4.90 Å². The number of nitrogens with zero attached hydrogens (tertiary/aromatic N) is 2. The molecule has 0 N–H and O–H groups in total. The Balaban J connectivity index is 1.95. The first-order valence-electron chi connectivity index (χ1n) is 7.49. The molecule has 0 heterocycles. The number of likely N-dealkylation sites (N-methyl/N-ethyl adjacent to an activating group) is 1. The van der Waals surface area contributed by atoms with Gasteiger partial charge in [-0.25, -0.2) is 0 Å². The van der Waals surface area contributed by atoms with E-state index in [2.05, 4.69) is 0 Å². The lowest BCUT2D eigenvalue weighted by Crippen LogP contribution is -2.25. The van der Waals surface area contributed by atoms with Gasteiger partial charge in [0.15, 0.2) is 5.75 Å². The van der Waals surface area contributed by atoms with Gasteiger partial charge in [-0.15, -0.1) is 0 Å². The predicted octanol–water partition coefficient (Wildman–Crippen LogP) is 4.12. The van der Waals surface area contributed by atoms with Crippen LogP contribution in [0.3, 0.4) is 0 Å². The zero-order valence-electron chi connectivity index (χ0n) is 13.5. The smallest absolute Gasteiger partial charge is 0.416 e. The maximum atomic E-state index is 13.0. The first-order chi connectivity index (χ1) is 11.8. The highest BCUT2D eigenvalue weighted by molar-refractivity contribution is 5.45. The van der Waals surface area contributed by atoms with Gasteiger partial charge in [0, 0.05) is 19.2 Å². The summed E-state index contributed by atoms with van der Waals surface area (Å²) in [5.74, 6) is 0.136. The lowest BCUT2D eigenvalue weighted by atomic mass is 10.1. The van der Waals surface area contributed by atoms with Gasteiger partial charge in [0.25, 0.3) is 0 Å². The quantitative estimate of drug-likeness (QED) is 0.554. The summed E-state index contributed by atoms with van der Waals surface area (Å²) in [5, 5.41) is 10.9. The minimum Gasteiger partial charge on any atom is -0.485 e. The Morgan fingerprint density at radius 3 is 2.44 bits per heavy atom. The van der Waals surface area contributed by atoms with E-state index in [1.165, 1.54) is 30.3 Å². The third-order valence-corrected chi connectivity index (χ3v) is 3.56. The monoisotopic (exact) mass is 354 g/mol. The SMILES string of the molecule is CN(CCOc1ccccc1[N+](=O)[O-])Cc1ccccc1C(F)(F)F. The van der Waals surface area contributed by atoms with Crippen molar-refractivity contribution >= 4 is 5.69 Å². The molecule has 0 aliphatic heterocycles. The largest absolute Gasteiger partial charge is 0.485 e. The molecule has 0 radical (unpaired) electrons. The van der Waals surface area contributed by atoms with Crippen molar-refractivity contribution in [2.24, 2.45) is 0 Å². The van der Waals surface area contributed by atoms with Crippen LogP contribution in [-0.4, -0.2) is 30.0 Å². The molecule has 0 saturated carbocycles. The van der Waals surface area contributed by atoms with Gasteiger partial charge in [-0.3, -0.25) is 15.0 Å². The minimum atomic E-state index is -4.40. The van der Waals surface area contributed by atoms with Crippen LogP contribution < -0.4 is 4.74 Å². The molecule has 0 unspecified atom stereocenters. The van der Waals surface area contributed by atoms with Crippen LogP contribution in [0.4, 0.5) is 18.9 Å². The van der Waals surface area contributed by atoms with E-state index in [1.807, 2.05) is 0 Å². The van der Waals surface area contributed by atoms with E-state index in [0.717, 1.165) is 6.07 Å². The van der Waals surface area contributed by atoms with Crippen LogP contribution in [0.15, 0.2) is 48.5 Å². The summed E-state index contributed by atoms with van der Waals surface area (Å²) in [6.07, 6.45) is -4.40. The maximum absolute atomic E-state index is 13.0. The molecule has 0 spiro atoms. The van der Waals surface area contributed by atoms with Gasteiger partial charge in [-0.2, -0.15) is 13.2 Å². The highest BCUT2D eigenvalue weighted by Gasteiger charge is 2.32. The molecule has 25 heavy (non-hydrogen) atoms. The van der Waals surface area contributed by atoms with Gasteiger partial charge >= 0.3 is 11.9 Å². The van der Waals surface area contributed by atoms with Gasteiger partial charge in [-0.1, -0.05) is 30.3 Å². The van der Waals surface area contributed by atoms with Crippen LogP contribution in [0.2, 0.25) is 0 Å². The zero-order chi connectivity index (χ0) is 18.4. The van der Waals surface area contributed by atoms with Crippen molar-refractivity contribution in [3.63, 3.8) is 0 Å². The molecule has 0 aliphatic rings. The van der Waals surface area contributed by atoms with Crippen molar-refractivity contribution in [3.05, 3.63) is 69.8 Å². The fraction of sp³-hybridized carbons (Fsp3) is 0.294. The van der Waals surface area contributed by atoms with Crippen LogP contribution in [0.25, 0.3) is 0 Å². The molecule has 2 rings (SSSR count). The van der Waals surface area contributed by atoms with E-state index in [1.54, 1.807) is 24.1 Å². The lowest BCUT2D eigenvalue weighted by Gasteiger charge is -2.20. The van der Waals surface area contributed by atoms with Crippen molar-refractivity contribution < 1.29 is 22.8 Å². The maximum Gasteiger partial charge on any atom is 0.416 e. The van der Waals surface area contributed by atoms with Crippen molar-refractivity contribution in [3.8, 4) is 5.75 Å². The number of hydrogen-bond donors (Lipinski definition) is 0. The Kier molecular flexibility index (Phi) is 5.97. The summed E-state index contributed by atoms with van der Waals surface area (Å²) in [7, 11) is 1.66. The van der Waals surface area contributed by atoms with Gasteiger partial charge in [0.1, 0.15) is 6.61 Å². The summed E-state index contributed by atoms with van der Waals surface area (Å²) in [6, 6.07) is 11.4. The summed E-state index contributed by atoms with van der Waals surface area (Å²) in [4.78, 5) is 12.0. The van der Waals surface area contributed by atoms with Crippen molar-refractivity contribution in [1.29, 1.82) is 0 Å². The second-order valence-corrected chi connectivity index (χ2v) is 5.47. The Bertz CT molecular complexity index is 735. The number of benzene rings is 2. The van der Waals surface area contributed by atoms with E-state index in [4.69, 9.17) is 4.74 Å². The van der Waals surface area contributed by atoms with E-state index in [-0.39, 0.29) is 30.2 Å². The molecule has 0 fully saturated rings. The topological polar surface area (TPSA) is 55.6 Å². The number of hydrogen-bond acceptors (Lipinski definition) is 4. The number of nitro benzene ring substituents is 1. The Hall–Kier alpha value is -2.61. The first-order valence-corrected chi connectivity index (χ1v) is 7.49. The second-order valence-electron chi connectivity index (χ2n) is 5.47. The number of nitro groups is 1. The van der Waals surface area contributed by atoms with E-state index in [0.29, 0.717) is 6.54 Å². The summed E-state index contributed by atoms with van der Waals surface area (Å²) in [6.45, 7) is 0.531. The van der Waals surface area contributed by atoms with Crippen LogP contribution in [0, 0.1) is 10.1 Å². The lowest BCUT2D eigenvalue weighted by molar-refractivity contribution is -0.385. The molecule has 0 saturated heterocycles. The number of rotatable bonds is 7. The fourth-order valence-corrected chi connectivity index (χ4v) is 2.35. The standard InChI is InChI=1S/C17H17F3N2O3/c1-21(12-13-6-2-3-7-14(13)17(18,19)20)10-11-25-16-9-5-4-8-15(16)22(23)24/h2-9H,10-12H2,1H3. The van der Waals surface area contributed by atoms with Gasteiger partial charge < -0.3 is 4.74 Å². The molecule has 0 aliphatic carbocycles. The fourth-order valence-electron chi connectivity index (χ4n) is 2.35. The molecule has 5 nitrogen and oxygen atoms in total. The van der Waals surface area contributed by atoms with Gasteiger partial charge in [0.05, 0.1) is 10.5 Å². The minimum absolute atomic E-state index is 0.0932. The average molecular weight is 354 g/mol. The Labute approximate surface area is 142 Å². The summed E-state index contributed by atoms with van der Waals surface area (Å²) in [5.41, 5.74) is -0.641. The third kappa shape index (κ3) is 5.18. The number of halogens is 3. The second kappa shape index (κ2) is 7.98.